The monoisotopic (exact) mass is 353 g/mol. The maximum absolute atomic E-state index is 12.3. The van der Waals surface area contributed by atoms with Gasteiger partial charge in [-0.25, -0.2) is 4.79 Å². The molecule has 1 aliphatic rings. The van der Waals surface area contributed by atoms with E-state index < -0.39 is 12.1 Å². The number of amides is 1. The Labute approximate surface area is 153 Å². The van der Waals surface area contributed by atoms with Crippen molar-refractivity contribution in [2.75, 3.05) is 5.32 Å². The Bertz CT molecular complexity index is 798. The molecule has 1 aliphatic carbocycles. The Balaban J connectivity index is 1.56. The number of benzene rings is 2. The van der Waals surface area contributed by atoms with Crippen molar-refractivity contribution in [2.45, 2.75) is 45.1 Å². The van der Waals surface area contributed by atoms with E-state index in [0.717, 1.165) is 24.1 Å². The van der Waals surface area contributed by atoms with Gasteiger partial charge in [0.2, 0.25) is 5.91 Å². The lowest BCUT2D eigenvalue weighted by Gasteiger charge is -2.13. The third-order valence-corrected chi connectivity index (χ3v) is 4.59. The molecule has 0 saturated carbocycles. The third-order valence-electron chi connectivity index (χ3n) is 4.59. The number of ether oxygens (including phenoxy) is 1. The minimum atomic E-state index is -0.981. The normalized spacial score (nSPS) is 13.7. The number of hydrogen-bond donors (Lipinski definition) is 2. The van der Waals surface area contributed by atoms with Crippen molar-refractivity contribution in [3.8, 4) is 5.75 Å². The first-order chi connectivity index (χ1) is 12.5. The fourth-order valence-electron chi connectivity index (χ4n) is 3.20. The number of nitrogens with one attached hydrogen (secondary N) is 1. The molecule has 3 rings (SSSR count). The Hall–Kier alpha value is -2.82. The summed E-state index contributed by atoms with van der Waals surface area (Å²) in [6.07, 6.45) is 3.17. The van der Waals surface area contributed by atoms with E-state index in [1.165, 1.54) is 17.5 Å². The Morgan fingerprint density at radius 2 is 1.85 bits per heavy atom. The van der Waals surface area contributed by atoms with Gasteiger partial charge in [0.25, 0.3) is 0 Å². The van der Waals surface area contributed by atoms with E-state index in [-0.39, 0.29) is 12.3 Å². The Morgan fingerprint density at radius 1 is 1.12 bits per heavy atom. The maximum Gasteiger partial charge on any atom is 0.344 e. The van der Waals surface area contributed by atoms with Crippen LogP contribution in [-0.2, 0) is 28.9 Å². The van der Waals surface area contributed by atoms with Crippen LogP contribution in [0.5, 0.6) is 5.75 Å². The zero-order valence-electron chi connectivity index (χ0n) is 14.8. The first-order valence-electron chi connectivity index (χ1n) is 8.95. The van der Waals surface area contributed by atoms with Crippen LogP contribution in [0, 0.1) is 0 Å². The molecule has 2 N–H and O–H groups in total. The molecule has 0 aliphatic heterocycles. The summed E-state index contributed by atoms with van der Waals surface area (Å²) in [5.41, 5.74) is 4.39. The first-order valence-corrected chi connectivity index (χ1v) is 8.95. The van der Waals surface area contributed by atoms with Crippen molar-refractivity contribution in [1.82, 2.24) is 0 Å². The second-order valence-corrected chi connectivity index (χ2v) is 6.56. The highest BCUT2D eigenvalue weighted by Crippen LogP contribution is 2.25. The molecule has 0 fully saturated rings. The van der Waals surface area contributed by atoms with Gasteiger partial charge in [0.15, 0.2) is 6.10 Å². The van der Waals surface area contributed by atoms with Crippen LogP contribution in [0.1, 0.15) is 36.5 Å². The van der Waals surface area contributed by atoms with Crippen molar-refractivity contribution >= 4 is 17.6 Å². The first kappa shape index (κ1) is 18.0. The summed E-state index contributed by atoms with van der Waals surface area (Å²) < 4.78 is 5.42. The van der Waals surface area contributed by atoms with E-state index in [2.05, 4.69) is 17.4 Å². The van der Waals surface area contributed by atoms with Gasteiger partial charge in [0.05, 0.1) is 6.42 Å². The molecule has 2 aromatic rings. The summed E-state index contributed by atoms with van der Waals surface area (Å²) in [4.78, 5) is 23.3. The summed E-state index contributed by atoms with van der Waals surface area (Å²) >= 11 is 0. The summed E-state index contributed by atoms with van der Waals surface area (Å²) in [6.45, 7) is 1.76. The highest BCUT2D eigenvalue weighted by molar-refractivity contribution is 5.92. The standard InChI is InChI=1S/C21H23NO4/c1-2-19(21(24)25)26-18-10-6-14(7-11-18)12-20(23)22-17-9-8-15-4-3-5-16(15)13-17/h6-11,13,19H,2-5,12H2,1H3,(H,22,23)(H,24,25). The SMILES string of the molecule is CCC(Oc1ccc(CC(=O)Nc2ccc3c(c2)CCC3)cc1)C(=O)O. The highest BCUT2D eigenvalue weighted by atomic mass is 16.5. The minimum Gasteiger partial charge on any atom is -0.479 e. The van der Waals surface area contributed by atoms with Crippen molar-refractivity contribution in [3.63, 3.8) is 0 Å². The van der Waals surface area contributed by atoms with Gasteiger partial charge in [-0.1, -0.05) is 25.1 Å². The average molecular weight is 353 g/mol. The second-order valence-electron chi connectivity index (χ2n) is 6.56. The van der Waals surface area contributed by atoms with E-state index in [9.17, 15) is 9.59 Å². The molecule has 2 aromatic carbocycles. The van der Waals surface area contributed by atoms with E-state index in [1.807, 2.05) is 6.07 Å². The molecule has 5 heteroatoms. The zero-order chi connectivity index (χ0) is 18.5. The number of rotatable bonds is 7. The van der Waals surface area contributed by atoms with Crippen LogP contribution >= 0.6 is 0 Å². The lowest BCUT2D eigenvalue weighted by molar-refractivity contribution is -0.145. The highest BCUT2D eigenvalue weighted by Gasteiger charge is 2.16. The van der Waals surface area contributed by atoms with Crippen LogP contribution in [0.3, 0.4) is 0 Å². The summed E-state index contributed by atoms with van der Waals surface area (Å²) in [5, 5.41) is 12.0. The second kappa shape index (κ2) is 8.04. The van der Waals surface area contributed by atoms with Gasteiger partial charge in [0, 0.05) is 5.69 Å². The molecule has 1 atom stereocenters. The van der Waals surface area contributed by atoms with E-state index >= 15 is 0 Å². The average Bonchev–Trinajstić information content (AvgIpc) is 3.08. The number of aliphatic carboxylic acids is 1. The summed E-state index contributed by atoms with van der Waals surface area (Å²) in [5.74, 6) is -0.569. The van der Waals surface area contributed by atoms with Crippen molar-refractivity contribution < 1.29 is 19.4 Å². The molecule has 136 valence electrons. The predicted molar refractivity (Wildman–Crippen MR) is 99.6 cm³/mol. The van der Waals surface area contributed by atoms with Crippen LogP contribution < -0.4 is 10.1 Å². The molecule has 0 heterocycles. The van der Waals surface area contributed by atoms with Gasteiger partial charge in [-0.3, -0.25) is 4.79 Å². The maximum atomic E-state index is 12.3. The number of carbonyl (C=O) groups excluding carboxylic acids is 1. The molecular weight excluding hydrogens is 330 g/mol. The van der Waals surface area contributed by atoms with Crippen LogP contribution in [0.15, 0.2) is 42.5 Å². The van der Waals surface area contributed by atoms with Crippen LogP contribution in [-0.4, -0.2) is 23.1 Å². The molecule has 0 aromatic heterocycles. The Kier molecular flexibility index (Phi) is 5.56. The molecule has 1 amide bonds. The quantitative estimate of drug-likeness (QED) is 0.797. The van der Waals surface area contributed by atoms with Crippen LogP contribution in [0.2, 0.25) is 0 Å². The molecule has 0 spiro atoms. The van der Waals surface area contributed by atoms with E-state index in [4.69, 9.17) is 9.84 Å². The number of fused-ring (bicyclic) bond motifs is 1. The van der Waals surface area contributed by atoms with Crippen molar-refractivity contribution in [3.05, 3.63) is 59.2 Å². The van der Waals surface area contributed by atoms with Crippen LogP contribution in [0.25, 0.3) is 0 Å². The lowest BCUT2D eigenvalue weighted by atomic mass is 10.1. The minimum absolute atomic E-state index is 0.0754. The molecule has 0 bridgehead atoms. The third kappa shape index (κ3) is 4.42. The smallest absolute Gasteiger partial charge is 0.344 e. The fourth-order valence-corrected chi connectivity index (χ4v) is 3.20. The van der Waals surface area contributed by atoms with Crippen molar-refractivity contribution in [1.29, 1.82) is 0 Å². The molecule has 0 saturated heterocycles. The largest absolute Gasteiger partial charge is 0.479 e. The van der Waals surface area contributed by atoms with Gasteiger partial charge in [0.1, 0.15) is 5.75 Å². The fraction of sp³-hybridized carbons (Fsp3) is 0.333. The Morgan fingerprint density at radius 3 is 2.54 bits per heavy atom. The number of carboxylic acid groups (broad SMARTS) is 1. The number of anilines is 1. The van der Waals surface area contributed by atoms with Gasteiger partial charge >= 0.3 is 5.97 Å². The number of aryl methyl sites for hydroxylation is 2. The number of carbonyl (C=O) groups is 2. The van der Waals surface area contributed by atoms with Crippen LogP contribution in [0.4, 0.5) is 5.69 Å². The predicted octanol–water partition coefficient (Wildman–Crippen LogP) is 3.60. The molecular formula is C21H23NO4. The van der Waals surface area contributed by atoms with E-state index in [0.29, 0.717) is 12.2 Å². The summed E-state index contributed by atoms with van der Waals surface area (Å²) in [6, 6.07) is 13.1. The van der Waals surface area contributed by atoms with Gasteiger partial charge in [-0.05, 0) is 66.6 Å². The number of hydrogen-bond acceptors (Lipinski definition) is 3. The lowest BCUT2D eigenvalue weighted by Crippen LogP contribution is -2.25. The zero-order valence-corrected chi connectivity index (χ0v) is 14.8. The molecule has 0 radical (unpaired) electrons. The van der Waals surface area contributed by atoms with Gasteiger partial charge < -0.3 is 15.2 Å². The van der Waals surface area contributed by atoms with Crippen molar-refractivity contribution in [2.24, 2.45) is 0 Å². The molecule has 26 heavy (non-hydrogen) atoms. The van der Waals surface area contributed by atoms with Gasteiger partial charge in [-0.2, -0.15) is 0 Å². The number of carboxylic acids is 1. The summed E-state index contributed by atoms with van der Waals surface area (Å²) in [7, 11) is 0. The van der Waals surface area contributed by atoms with Gasteiger partial charge in [-0.15, -0.1) is 0 Å². The molecule has 5 nitrogen and oxygen atoms in total. The van der Waals surface area contributed by atoms with E-state index in [1.54, 1.807) is 31.2 Å². The molecule has 1 unspecified atom stereocenters. The topological polar surface area (TPSA) is 75.6 Å².